The SMILES string of the molecule is O=C(Nc1ccc(Br)cc1)C(=O)c1c(-c2cccnc2)cc2ccccn12. The van der Waals surface area contributed by atoms with E-state index in [1.54, 1.807) is 53.3 Å². The number of nitrogens with zero attached hydrogens (tertiary/aromatic N) is 2. The van der Waals surface area contributed by atoms with Crippen molar-refractivity contribution in [3.05, 3.63) is 89.4 Å². The van der Waals surface area contributed by atoms with Crippen LogP contribution in [0.4, 0.5) is 5.69 Å². The van der Waals surface area contributed by atoms with Crippen LogP contribution in [-0.4, -0.2) is 21.1 Å². The number of hydrogen-bond acceptors (Lipinski definition) is 3. The topological polar surface area (TPSA) is 63.5 Å². The highest BCUT2D eigenvalue weighted by molar-refractivity contribution is 9.10. The van der Waals surface area contributed by atoms with Crippen LogP contribution in [-0.2, 0) is 4.79 Å². The number of pyridine rings is 2. The van der Waals surface area contributed by atoms with Gasteiger partial charge in [0.1, 0.15) is 5.69 Å². The standard InChI is InChI=1S/C21H14BrN3O2/c22-15-6-8-16(9-7-15)24-21(27)20(26)19-18(14-4-3-10-23-13-14)12-17-5-1-2-11-25(17)19/h1-13H,(H,24,27). The summed E-state index contributed by atoms with van der Waals surface area (Å²) >= 11 is 3.35. The molecule has 5 nitrogen and oxygen atoms in total. The van der Waals surface area contributed by atoms with Crippen molar-refractivity contribution in [3.8, 4) is 11.1 Å². The van der Waals surface area contributed by atoms with E-state index in [0.29, 0.717) is 16.9 Å². The number of nitrogens with one attached hydrogen (secondary N) is 1. The normalized spacial score (nSPS) is 10.7. The minimum absolute atomic E-state index is 0.313. The van der Waals surface area contributed by atoms with Crippen LogP contribution in [0.15, 0.2) is 83.7 Å². The molecule has 0 spiro atoms. The van der Waals surface area contributed by atoms with Crippen molar-refractivity contribution in [2.45, 2.75) is 0 Å². The average molecular weight is 420 g/mol. The first kappa shape index (κ1) is 17.2. The van der Waals surface area contributed by atoms with Crippen LogP contribution in [0.5, 0.6) is 0 Å². The predicted molar refractivity (Wildman–Crippen MR) is 108 cm³/mol. The molecule has 0 atom stereocenters. The summed E-state index contributed by atoms with van der Waals surface area (Å²) in [5.41, 5.74) is 3.15. The van der Waals surface area contributed by atoms with Gasteiger partial charge < -0.3 is 9.72 Å². The molecule has 3 aromatic heterocycles. The molecule has 0 aliphatic heterocycles. The summed E-state index contributed by atoms with van der Waals surface area (Å²) in [5.74, 6) is -1.30. The van der Waals surface area contributed by atoms with Crippen LogP contribution >= 0.6 is 15.9 Å². The fourth-order valence-corrected chi connectivity index (χ4v) is 3.19. The number of aromatic nitrogens is 2. The molecule has 132 valence electrons. The lowest BCUT2D eigenvalue weighted by atomic mass is 10.1. The fourth-order valence-electron chi connectivity index (χ4n) is 2.93. The van der Waals surface area contributed by atoms with Gasteiger partial charge in [-0.3, -0.25) is 14.6 Å². The highest BCUT2D eigenvalue weighted by Crippen LogP contribution is 2.28. The van der Waals surface area contributed by atoms with Gasteiger partial charge in [0.15, 0.2) is 0 Å². The van der Waals surface area contributed by atoms with Gasteiger partial charge in [-0.1, -0.05) is 28.1 Å². The Hall–Kier alpha value is -3.25. The molecule has 0 aliphatic carbocycles. The van der Waals surface area contributed by atoms with Gasteiger partial charge in [0.05, 0.1) is 0 Å². The van der Waals surface area contributed by atoms with Crippen LogP contribution in [0.2, 0.25) is 0 Å². The van der Waals surface area contributed by atoms with Crippen molar-refractivity contribution in [3.63, 3.8) is 0 Å². The maximum absolute atomic E-state index is 13.0. The van der Waals surface area contributed by atoms with E-state index >= 15 is 0 Å². The zero-order chi connectivity index (χ0) is 18.8. The largest absolute Gasteiger partial charge is 0.319 e. The molecule has 0 aliphatic rings. The fraction of sp³-hybridized carbons (Fsp3) is 0. The molecule has 1 aromatic carbocycles. The second-order valence-electron chi connectivity index (χ2n) is 5.93. The Balaban J connectivity index is 1.76. The van der Waals surface area contributed by atoms with Gasteiger partial charge in [-0.2, -0.15) is 0 Å². The second-order valence-corrected chi connectivity index (χ2v) is 6.85. The summed E-state index contributed by atoms with van der Waals surface area (Å²) in [6, 6.07) is 18.2. The van der Waals surface area contributed by atoms with Gasteiger partial charge in [-0.15, -0.1) is 0 Å². The van der Waals surface area contributed by atoms with Crippen molar-refractivity contribution < 1.29 is 9.59 Å². The molecule has 0 fully saturated rings. The van der Waals surface area contributed by atoms with Crippen molar-refractivity contribution in [2.24, 2.45) is 0 Å². The monoisotopic (exact) mass is 419 g/mol. The molecule has 1 N–H and O–H groups in total. The van der Waals surface area contributed by atoms with Crippen molar-refractivity contribution in [2.75, 3.05) is 5.32 Å². The Labute approximate surface area is 163 Å². The first-order valence-corrected chi connectivity index (χ1v) is 9.04. The van der Waals surface area contributed by atoms with E-state index in [0.717, 1.165) is 15.6 Å². The minimum Gasteiger partial charge on any atom is -0.319 e. The number of anilines is 1. The smallest absolute Gasteiger partial charge is 0.298 e. The Morgan fingerprint density at radius 2 is 1.81 bits per heavy atom. The first-order chi connectivity index (χ1) is 13.1. The summed E-state index contributed by atoms with van der Waals surface area (Å²) in [5, 5.41) is 2.66. The van der Waals surface area contributed by atoms with Gasteiger partial charge in [-0.25, -0.2) is 0 Å². The van der Waals surface area contributed by atoms with Crippen molar-refractivity contribution in [1.82, 2.24) is 9.38 Å². The van der Waals surface area contributed by atoms with Gasteiger partial charge in [-0.05, 0) is 48.5 Å². The Morgan fingerprint density at radius 3 is 2.56 bits per heavy atom. The minimum atomic E-state index is -0.689. The molecule has 4 rings (SSSR count). The number of halogens is 1. The number of carbonyl (C=O) groups is 2. The van der Waals surface area contributed by atoms with Crippen molar-refractivity contribution in [1.29, 1.82) is 0 Å². The Morgan fingerprint density at radius 1 is 1.00 bits per heavy atom. The molecule has 0 unspecified atom stereocenters. The van der Waals surface area contributed by atoms with E-state index in [1.165, 1.54) is 0 Å². The summed E-state index contributed by atoms with van der Waals surface area (Å²) in [6.45, 7) is 0. The number of hydrogen-bond donors (Lipinski definition) is 1. The van der Waals surface area contributed by atoms with Crippen LogP contribution < -0.4 is 5.32 Å². The molecule has 6 heteroatoms. The molecule has 0 saturated carbocycles. The lowest BCUT2D eigenvalue weighted by Crippen LogP contribution is -2.24. The van der Waals surface area contributed by atoms with Gasteiger partial charge >= 0.3 is 0 Å². The van der Waals surface area contributed by atoms with Crippen LogP contribution in [0.25, 0.3) is 16.6 Å². The zero-order valence-electron chi connectivity index (χ0n) is 14.1. The second kappa shape index (κ2) is 7.17. The van der Waals surface area contributed by atoms with E-state index in [-0.39, 0.29) is 0 Å². The Kier molecular flexibility index (Phi) is 4.56. The summed E-state index contributed by atoms with van der Waals surface area (Å²) in [4.78, 5) is 29.8. The zero-order valence-corrected chi connectivity index (χ0v) is 15.7. The average Bonchev–Trinajstić information content (AvgIpc) is 3.09. The number of ketones is 1. The molecule has 0 radical (unpaired) electrons. The molecule has 3 heterocycles. The van der Waals surface area contributed by atoms with E-state index in [4.69, 9.17) is 0 Å². The number of fused-ring (bicyclic) bond motifs is 1. The molecular formula is C21H14BrN3O2. The van der Waals surface area contributed by atoms with Gasteiger partial charge in [0.2, 0.25) is 0 Å². The first-order valence-electron chi connectivity index (χ1n) is 8.25. The molecule has 0 bridgehead atoms. The molecule has 1 amide bonds. The van der Waals surface area contributed by atoms with Crippen molar-refractivity contribution >= 4 is 38.8 Å². The number of Topliss-reactive ketones (excluding diaryl/α,β-unsaturated/α-hetero) is 1. The lowest BCUT2D eigenvalue weighted by molar-refractivity contribution is -0.112. The highest BCUT2D eigenvalue weighted by atomic mass is 79.9. The molecular weight excluding hydrogens is 406 g/mol. The molecule has 27 heavy (non-hydrogen) atoms. The number of benzene rings is 1. The van der Waals surface area contributed by atoms with Gasteiger partial charge in [0.25, 0.3) is 11.7 Å². The maximum Gasteiger partial charge on any atom is 0.298 e. The van der Waals surface area contributed by atoms with E-state index in [9.17, 15) is 9.59 Å². The molecule has 0 saturated heterocycles. The highest BCUT2D eigenvalue weighted by Gasteiger charge is 2.24. The van der Waals surface area contributed by atoms with E-state index in [2.05, 4.69) is 26.2 Å². The third-order valence-electron chi connectivity index (χ3n) is 4.18. The number of carbonyl (C=O) groups excluding carboxylic acids is 2. The van der Waals surface area contributed by atoms with Crippen LogP contribution in [0.1, 0.15) is 10.5 Å². The van der Waals surface area contributed by atoms with Gasteiger partial charge in [0, 0.05) is 45.4 Å². The Bertz CT molecular complexity index is 1140. The summed E-state index contributed by atoms with van der Waals surface area (Å²) in [7, 11) is 0. The van der Waals surface area contributed by atoms with E-state index in [1.807, 2.05) is 30.3 Å². The summed E-state index contributed by atoms with van der Waals surface area (Å²) < 4.78 is 2.62. The third-order valence-corrected chi connectivity index (χ3v) is 4.70. The lowest BCUT2D eigenvalue weighted by Gasteiger charge is -2.07. The molecule has 4 aromatic rings. The number of amides is 1. The van der Waals surface area contributed by atoms with Crippen LogP contribution in [0, 0.1) is 0 Å². The quantitative estimate of drug-likeness (QED) is 0.388. The van der Waals surface area contributed by atoms with Crippen LogP contribution in [0.3, 0.4) is 0 Å². The summed E-state index contributed by atoms with van der Waals surface area (Å²) in [6.07, 6.45) is 5.12. The maximum atomic E-state index is 13.0. The predicted octanol–water partition coefficient (Wildman–Crippen LogP) is 4.59. The number of rotatable bonds is 4. The third kappa shape index (κ3) is 3.39. The van der Waals surface area contributed by atoms with E-state index < -0.39 is 11.7 Å².